The van der Waals surface area contributed by atoms with Crippen molar-refractivity contribution in [1.82, 2.24) is 0 Å². The van der Waals surface area contributed by atoms with Gasteiger partial charge in [-0.3, -0.25) is 14.5 Å². The molecule has 5 aliphatic rings. The molecule has 1 aliphatic heterocycles. The lowest BCUT2D eigenvalue weighted by Gasteiger charge is -2.37. The van der Waals surface area contributed by atoms with E-state index in [4.69, 9.17) is 4.74 Å². The van der Waals surface area contributed by atoms with E-state index in [1.807, 2.05) is 54.6 Å². The maximum Gasteiger partial charge on any atom is 0.238 e. The molecule has 1 heterocycles. The molecule has 6 atom stereocenters. The second kappa shape index (κ2) is 5.32. The molecule has 4 aliphatic carbocycles. The highest BCUT2D eigenvalue weighted by Crippen LogP contribution is 2.65. The van der Waals surface area contributed by atoms with Crippen molar-refractivity contribution in [1.29, 1.82) is 0 Å². The van der Waals surface area contributed by atoms with E-state index in [0.29, 0.717) is 23.3 Å². The first-order valence-corrected chi connectivity index (χ1v) is 9.61. The van der Waals surface area contributed by atoms with Crippen LogP contribution in [0.25, 0.3) is 0 Å². The number of benzene rings is 2. The molecule has 134 valence electrons. The van der Waals surface area contributed by atoms with Crippen molar-refractivity contribution in [2.45, 2.75) is 6.42 Å². The summed E-state index contributed by atoms with van der Waals surface area (Å²) in [7, 11) is 0. The molecule has 1 saturated heterocycles. The molecule has 2 bridgehead atoms. The third-order valence-electron chi connectivity index (χ3n) is 6.74. The molecule has 7 rings (SSSR count). The highest BCUT2D eigenvalue weighted by molar-refractivity contribution is 6.22. The van der Waals surface area contributed by atoms with Crippen LogP contribution in [0.1, 0.15) is 6.42 Å². The minimum absolute atomic E-state index is 0.0218. The number of imide groups is 1. The van der Waals surface area contributed by atoms with Crippen molar-refractivity contribution in [2.24, 2.45) is 35.5 Å². The molecule has 0 radical (unpaired) electrons. The monoisotopic (exact) mass is 357 g/mol. The number of nitrogens with zero attached hydrogens (tertiary/aromatic N) is 1. The first kappa shape index (κ1) is 15.2. The molecule has 0 aromatic heterocycles. The van der Waals surface area contributed by atoms with Gasteiger partial charge in [0.05, 0.1) is 17.5 Å². The zero-order valence-electron chi connectivity index (χ0n) is 14.7. The second-order valence-electron chi connectivity index (χ2n) is 8.08. The summed E-state index contributed by atoms with van der Waals surface area (Å²) < 4.78 is 5.81. The highest BCUT2D eigenvalue weighted by atomic mass is 16.5. The Morgan fingerprint density at radius 1 is 0.741 bits per heavy atom. The molecule has 2 aromatic carbocycles. The molecule has 0 unspecified atom stereocenters. The molecule has 3 fully saturated rings. The fourth-order valence-electron chi connectivity index (χ4n) is 5.50. The summed E-state index contributed by atoms with van der Waals surface area (Å²) in [6.45, 7) is 0. The largest absolute Gasteiger partial charge is 0.457 e. The van der Waals surface area contributed by atoms with Gasteiger partial charge in [-0.25, -0.2) is 0 Å². The van der Waals surface area contributed by atoms with Gasteiger partial charge in [0.15, 0.2) is 0 Å². The Balaban J connectivity index is 1.28. The Kier molecular flexibility index (Phi) is 2.99. The summed E-state index contributed by atoms with van der Waals surface area (Å²) >= 11 is 0. The van der Waals surface area contributed by atoms with Crippen LogP contribution in [0.2, 0.25) is 0 Å². The van der Waals surface area contributed by atoms with E-state index < -0.39 is 0 Å². The van der Waals surface area contributed by atoms with Gasteiger partial charge in [0, 0.05) is 0 Å². The summed E-state index contributed by atoms with van der Waals surface area (Å²) in [5, 5.41) is 0. The number of para-hydroxylation sites is 1. The van der Waals surface area contributed by atoms with E-state index in [-0.39, 0.29) is 35.5 Å². The molecule has 2 amide bonds. The molecular weight excluding hydrogens is 338 g/mol. The molecule has 27 heavy (non-hydrogen) atoms. The topological polar surface area (TPSA) is 46.6 Å². The predicted octanol–water partition coefficient (Wildman–Crippen LogP) is 4.04. The van der Waals surface area contributed by atoms with Crippen molar-refractivity contribution in [3.05, 3.63) is 66.7 Å². The van der Waals surface area contributed by atoms with Crippen LogP contribution in [0.3, 0.4) is 0 Å². The van der Waals surface area contributed by atoms with E-state index in [0.717, 1.165) is 5.75 Å². The van der Waals surface area contributed by atoms with Gasteiger partial charge in [0.25, 0.3) is 0 Å². The number of amides is 2. The van der Waals surface area contributed by atoms with Crippen molar-refractivity contribution in [2.75, 3.05) is 4.90 Å². The Morgan fingerprint density at radius 2 is 1.30 bits per heavy atom. The van der Waals surface area contributed by atoms with Crippen molar-refractivity contribution in [3.63, 3.8) is 0 Å². The van der Waals surface area contributed by atoms with Gasteiger partial charge in [-0.2, -0.15) is 0 Å². The lowest BCUT2D eigenvalue weighted by molar-refractivity contribution is -0.124. The Labute approximate surface area is 157 Å². The molecule has 4 nitrogen and oxygen atoms in total. The van der Waals surface area contributed by atoms with Crippen LogP contribution in [-0.4, -0.2) is 11.8 Å². The van der Waals surface area contributed by atoms with Gasteiger partial charge in [-0.15, -0.1) is 0 Å². The van der Waals surface area contributed by atoms with Crippen LogP contribution < -0.4 is 9.64 Å². The smallest absolute Gasteiger partial charge is 0.238 e. The van der Waals surface area contributed by atoms with Gasteiger partial charge >= 0.3 is 0 Å². The maximum atomic E-state index is 13.1. The Bertz CT molecular complexity index is 929. The van der Waals surface area contributed by atoms with Crippen LogP contribution in [0.5, 0.6) is 11.5 Å². The van der Waals surface area contributed by atoms with Crippen LogP contribution >= 0.6 is 0 Å². The zero-order valence-corrected chi connectivity index (χ0v) is 14.7. The maximum absolute atomic E-state index is 13.1. The standard InChI is InChI=1S/C23H19NO3/c25-22-20-16-10-11-17(19-12-18(16)19)21(20)23(26)24(22)13-6-8-15(9-7-13)27-14-4-2-1-3-5-14/h1-11,16-21H,12H2/t16-,17-,18-,19+,20-,21+/m1/s1. The number of hydrogen-bond donors (Lipinski definition) is 0. The summed E-state index contributed by atoms with van der Waals surface area (Å²) in [4.78, 5) is 27.7. The van der Waals surface area contributed by atoms with E-state index in [1.54, 1.807) is 0 Å². The average Bonchev–Trinajstić information content (AvgIpc) is 3.48. The number of allylic oxidation sites excluding steroid dienone is 2. The molecule has 2 aromatic rings. The first-order valence-electron chi connectivity index (χ1n) is 9.61. The Morgan fingerprint density at radius 3 is 1.89 bits per heavy atom. The first-order chi connectivity index (χ1) is 13.2. The number of carbonyl (C=O) groups excluding carboxylic acids is 2. The molecule has 2 saturated carbocycles. The number of carbonyl (C=O) groups is 2. The van der Waals surface area contributed by atoms with E-state index >= 15 is 0 Å². The summed E-state index contributed by atoms with van der Waals surface area (Å²) in [6, 6.07) is 16.8. The van der Waals surface area contributed by atoms with Gasteiger partial charge in [0.1, 0.15) is 11.5 Å². The molecule has 0 spiro atoms. The number of rotatable bonds is 3. The SMILES string of the molecule is O=C1[C@@H]2[C@@H]3C=C[C@H]([C@@H]4C[C@H]34)[C@@H]2C(=O)N1c1ccc(Oc2ccccc2)cc1. The quantitative estimate of drug-likeness (QED) is 0.615. The fraction of sp³-hybridized carbons (Fsp3) is 0.304. The summed E-state index contributed by atoms with van der Waals surface area (Å²) in [6.07, 6.45) is 5.58. The van der Waals surface area contributed by atoms with Crippen LogP contribution in [0, 0.1) is 35.5 Å². The molecule has 0 N–H and O–H groups in total. The highest BCUT2D eigenvalue weighted by Gasteiger charge is 2.67. The van der Waals surface area contributed by atoms with Gasteiger partial charge in [0.2, 0.25) is 11.8 Å². The van der Waals surface area contributed by atoms with Crippen LogP contribution in [0.4, 0.5) is 5.69 Å². The fourth-order valence-corrected chi connectivity index (χ4v) is 5.50. The van der Waals surface area contributed by atoms with E-state index in [2.05, 4.69) is 12.2 Å². The Hall–Kier alpha value is -2.88. The van der Waals surface area contributed by atoms with E-state index in [9.17, 15) is 9.59 Å². The van der Waals surface area contributed by atoms with Gasteiger partial charge < -0.3 is 4.74 Å². The van der Waals surface area contributed by atoms with Crippen molar-refractivity contribution >= 4 is 17.5 Å². The predicted molar refractivity (Wildman–Crippen MR) is 100 cm³/mol. The van der Waals surface area contributed by atoms with Gasteiger partial charge in [-0.05, 0) is 66.5 Å². The zero-order chi connectivity index (χ0) is 18.1. The van der Waals surface area contributed by atoms with Gasteiger partial charge in [-0.1, -0.05) is 30.4 Å². The lowest BCUT2D eigenvalue weighted by Crippen LogP contribution is -2.40. The average molecular weight is 357 g/mol. The molecular formula is C23H19NO3. The normalized spacial score (nSPS) is 35.2. The number of anilines is 1. The number of ether oxygens (including phenoxy) is 1. The summed E-state index contributed by atoms with van der Waals surface area (Å²) in [5.41, 5.74) is 0.646. The lowest BCUT2D eigenvalue weighted by atomic mass is 9.63. The summed E-state index contributed by atoms with van der Waals surface area (Å²) in [5.74, 6) is 2.85. The molecule has 4 heteroatoms. The number of hydrogen-bond acceptors (Lipinski definition) is 3. The van der Waals surface area contributed by atoms with E-state index in [1.165, 1.54) is 11.3 Å². The van der Waals surface area contributed by atoms with Crippen molar-refractivity contribution < 1.29 is 14.3 Å². The van der Waals surface area contributed by atoms with Crippen LogP contribution in [-0.2, 0) is 9.59 Å². The second-order valence-corrected chi connectivity index (χ2v) is 8.08. The van der Waals surface area contributed by atoms with Crippen LogP contribution in [0.15, 0.2) is 66.7 Å². The third kappa shape index (κ3) is 2.10. The van der Waals surface area contributed by atoms with Crippen molar-refractivity contribution in [3.8, 4) is 11.5 Å². The minimum Gasteiger partial charge on any atom is -0.457 e. The minimum atomic E-state index is -0.156. The third-order valence-corrected chi connectivity index (χ3v) is 6.74.